The van der Waals surface area contributed by atoms with Gasteiger partial charge in [0.1, 0.15) is 11.9 Å². The number of unbranched alkanes of at least 4 members (excludes halogenated alkanes) is 1. The number of ether oxygens (including phenoxy) is 1. The van der Waals surface area contributed by atoms with Crippen molar-refractivity contribution < 1.29 is 9.53 Å². The Morgan fingerprint density at radius 3 is 2.92 bits per heavy atom. The van der Waals surface area contributed by atoms with E-state index in [0.29, 0.717) is 24.7 Å². The van der Waals surface area contributed by atoms with E-state index < -0.39 is 0 Å². The molecular formula is C18H23ClN4O2. The summed E-state index contributed by atoms with van der Waals surface area (Å²) in [6.07, 6.45) is 3.68. The van der Waals surface area contributed by atoms with E-state index in [1.54, 1.807) is 11.1 Å². The predicted octanol–water partition coefficient (Wildman–Crippen LogP) is 3.94. The van der Waals surface area contributed by atoms with Gasteiger partial charge in [-0.25, -0.2) is 9.48 Å². The average molecular weight is 363 g/mol. The van der Waals surface area contributed by atoms with Gasteiger partial charge in [-0.15, -0.1) is 0 Å². The number of amides is 2. The minimum Gasteiger partial charge on any atom is -0.370 e. The van der Waals surface area contributed by atoms with Crippen molar-refractivity contribution in [2.45, 2.75) is 32.4 Å². The second-order valence-electron chi connectivity index (χ2n) is 6.08. The maximum absolute atomic E-state index is 12.6. The highest BCUT2D eigenvalue weighted by Crippen LogP contribution is 2.24. The van der Waals surface area contributed by atoms with Gasteiger partial charge in [0.25, 0.3) is 0 Å². The SMILES string of the molecule is CCCCn1nccc1NC(=O)N1CCO[C@H](c2ccc(Cl)cc2)C1. The van der Waals surface area contributed by atoms with Crippen molar-refractivity contribution in [2.75, 3.05) is 25.0 Å². The first kappa shape index (κ1) is 17.8. The Kier molecular flexibility index (Phi) is 5.94. The molecule has 0 spiro atoms. The third kappa shape index (κ3) is 4.52. The van der Waals surface area contributed by atoms with Crippen LogP contribution in [-0.2, 0) is 11.3 Å². The molecule has 6 nitrogen and oxygen atoms in total. The molecule has 134 valence electrons. The van der Waals surface area contributed by atoms with Crippen molar-refractivity contribution >= 4 is 23.4 Å². The molecule has 1 aliphatic heterocycles. The molecule has 1 aromatic heterocycles. The lowest BCUT2D eigenvalue weighted by Gasteiger charge is -2.33. The van der Waals surface area contributed by atoms with Crippen LogP contribution in [0.2, 0.25) is 5.02 Å². The topological polar surface area (TPSA) is 59.4 Å². The number of halogens is 1. The number of nitrogens with one attached hydrogen (secondary N) is 1. The van der Waals surface area contributed by atoms with Gasteiger partial charge < -0.3 is 9.64 Å². The molecule has 1 fully saturated rings. The minimum atomic E-state index is -0.137. The first-order chi connectivity index (χ1) is 12.2. The van der Waals surface area contributed by atoms with E-state index in [1.165, 1.54) is 0 Å². The monoisotopic (exact) mass is 362 g/mol. The van der Waals surface area contributed by atoms with Gasteiger partial charge in [-0.3, -0.25) is 5.32 Å². The Morgan fingerprint density at radius 2 is 2.16 bits per heavy atom. The van der Waals surface area contributed by atoms with E-state index in [4.69, 9.17) is 16.3 Å². The van der Waals surface area contributed by atoms with Crippen molar-refractivity contribution in [3.8, 4) is 0 Å². The summed E-state index contributed by atoms with van der Waals surface area (Å²) in [4.78, 5) is 14.4. The summed E-state index contributed by atoms with van der Waals surface area (Å²) >= 11 is 5.94. The van der Waals surface area contributed by atoms with E-state index in [0.717, 1.165) is 30.8 Å². The molecule has 2 aromatic rings. The fourth-order valence-corrected chi connectivity index (χ4v) is 2.95. The Balaban J connectivity index is 1.62. The first-order valence-corrected chi connectivity index (χ1v) is 9.00. The van der Waals surface area contributed by atoms with Crippen LogP contribution in [-0.4, -0.2) is 40.4 Å². The lowest BCUT2D eigenvalue weighted by Crippen LogP contribution is -2.44. The molecule has 0 radical (unpaired) electrons. The lowest BCUT2D eigenvalue weighted by atomic mass is 10.1. The summed E-state index contributed by atoms with van der Waals surface area (Å²) in [5.41, 5.74) is 1.02. The van der Waals surface area contributed by atoms with Crippen LogP contribution in [0.1, 0.15) is 31.4 Å². The number of aromatic nitrogens is 2. The zero-order valence-electron chi connectivity index (χ0n) is 14.3. The standard InChI is InChI=1S/C18H23ClN4O2/c1-2-3-10-23-17(8-9-20-23)21-18(24)22-11-12-25-16(13-22)14-4-6-15(19)7-5-14/h4-9,16H,2-3,10-13H2,1H3,(H,21,24)/t16-/m0/s1. The molecule has 7 heteroatoms. The number of rotatable bonds is 5. The van der Waals surface area contributed by atoms with Gasteiger partial charge >= 0.3 is 6.03 Å². The number of hydrogen-bond donors (Lipinski definition) is 1. The fraction of sp³-hybridized carbons (Fsp3) is 0.444. The Morgan fingerprint density at radius 1 is 1.36 bits per heavy atom. The largest absolute Gasteiger partial charge is 0.370 e. The van der Waals surface area contributed by atoms with Crippen LogP contribution in [0.3, 0.4) is 0 Å². The van der Waals surface area contributed by atoms with Gasteiger partial charge in [0, 0.05) is 24.2 Å². The zero-order valence-corrected chi connectivity index (χ0v) is 15.1. The fourth-order valence-electron chi connectivity index (χ4n) is 2.83. The Bertz CT molecular complexity index is 701. The number of hydrogen-bond acceptors (Lipinski definition) is 3. The predicted molar refractivity (Wildman–Crippen MR) is 97.9 cm³/mol. The van der Waals surface area contributed by atoms with Crippen molar-refractivity contribution in [2.24, 2.45) is 0 Å². The van der Waals surface area contributed by atoms with Crippen molar-refractivity contribution in [3.63, 3.8) is 0 Å². The lowest BCUT2D eigenvalue weighted by molar-refractivity contribution is -0.0135. The quantitative estimate of drug-likeness (QED) is 0.876. The van der Waals surface area contributed by atoms with Gasteiger partial charge in [-0.1, -0.05) is 37.1 Å². The Hall–Kier alpha value is -2.05. The number of urea groups is 1. The molecule has 0 unspecified atom stereocenters. The van der Waals surface area contributed by atoms with Gasteiger partial charge in [0.05, 0.1) is 19.3 Å². The molecular weight excluding hydrogens is 340 g/mol. The smallest absolute Gasteiger partial charge is 0.323 e. The van der Waals surface area contributed by atoms with Crippen LogP contribution < -0.4 is 5.32 Å². The number of benzene rings is 1. The molecule has 1 saturated heterocycles. The minimum absolute atomic E-state index is 0.125. The summed E-state index contributed by atoms with van der Waals surface area (Å²) in [7, 11) is 0. The van der Waals surface area contributed by atoms with Gasteiger partial charge in [-0.05, 0) is 24.1 Å². The molecule has 3 rings (SSSR count). The molecule has 1 N–H and O–H groups in total. The summed E-state index contributed by atoms with van der Waals surface area (Å²) in [6.45, 7) is 4.52. The molecule has 2 amide bonds. The number of nitrogens with zero attached hydrogens (tertiary/aromatic N) is 3. The van der Waals surface area contributed by atoms with Crippen molar-refractivity contribution in [1.29, 1.82) is 0 Å². The summed E-state index contributed by atoms with van der Waals surface area (Å²) in [5, 5.41) is 7.92. The number of carbonyl (C=O) groups is 1. The van der Waals surface area contributed by atoms with Gasteiger partial charge in [0.2, 0.25) is 0 Å². The molecule has 1 aromatic carbocycles. The molecule has 0 bridgehead atoms. The first-order valence-electron chi connectivity index (χ1n) is 8.62. The van der Waals surface area contributed by atoms with Gasteiger partial charge in [-0.2, -0.15) is 5.10 Å². The third-order valence-electron chi connectivity index (χ3n) is 4.27. The molecule has 25 heavy (non-hydrogen) atoms. The molecule has 2 heterocycles. The van der Waals surface area contributed by atoms with Crippen molar-refractivity contribution in [3.05, 3.63) is 47.1 Å². The van der Waals surface area contributed by atoms with E-state index in [9.17, 15) is 4.79 Å². The average Bonchev–Trinajstić information content (AvgIpc) is 3.07. The number of morpholine rings is 1. The van der Waals surface area contributed by atoms with Crippen LogP contribution in [0.5, 0.6) is 0 Å². The highest BCUT2D eigenvalue weighted by molar-refractivity contribution is 6.30. The van der Waals surface area contributed by atoms with E-state index >= 15 is 0 Å². The number of anilines is 1. The van der Waals surface area contributed by atoms with Crippen LogP contribution in [0.25, 0.3) is 0 Å². The second kappa shape index (κ2) is 8.36. The highest BCUT2D eigenvalue weighted by atomic mass is 35.5. The normalized spacial score (nSPS) is 17.5. The second-order valence-corrected chi connectivity index (χ2v) is 6.52. The molecule has 1 aliphatic rings. The number of carbonyl (C=O) groups excluding carboxylic acids is 1. The molecule has 0 aliphatic carbocycles. The molecule has 1 atom stereocenters. The van der Waals surface area contributed by atoms with E-state index in [-0.39, 0.29) is 12.1 Å². The summed E-state index contributed by atoms with van der Waals surface area (Å²) < 4.78 is 7.65. The Labute approximate surface area is 152 Å². The number of aryl methyl sites for hydroxylation is 1. The maximum Gasteiger partial charge on any atom is 0.323 e. The molecule has 0 saturated carbocycles. The maximum atomic E-state index is 12.6. The highest BCUT2D eigenvalue weighted by Gasteiger charge is 2.26. The zero-order chi connectivity index (χ0) is 17.6. The van der Waals surface area contributed by atoms with Crippen molar-refractivity contribution in [1.82, 2.24) is 14.7 Å². The van der Waals surface area contributed by atoms with E-state index in [1.807, 2.05) is 35.0 Å². The van der Waals surface area contributed by atoms with Crippen LogP contribution in [0.15, 0.2) is 36.5 Å². The van der Waals surface area contributed by atoms with E-state index in [2.05, 4.69) is 17.3 Å². The summed E-state index contributed by atoms with van der Waals surface area (Å²) in [6, 6.07) is 9.25. The third-order valence-corrected chi connectivity index (χ3v) is 4.52. The van der Waals surface area contributed by atoms with Gasteiger partial charge in [0.15, 0.2) is 0 Å². The van der Waals surface area contributed by atoms with Crippen LogP contribution in [0, 0.1) is 0 Å². The summed E-state index contributed by atoms with van der Waals surface area (Å²) in [5.74, 6) is 0.730. The van der Waals surface area contributed by atoms with Crippen LogP contribution >= 0.6 is 11.6 Å². The van der Waals surface area contributed by atoms with Crippen LogP contribution in [0.4, 0.5) is 10.6 Å².